The summed E-state index contributed by atoms with van der Waals surface area (Å²) in [6, 6.07) is 0. The lowest BCUT2D eigenvalue weighted by atomic mass is 10.0. The fourth-order valence-corrected chi connectivity index (χ4v) is 7.58. The van der Waals surface area contributed by atoms with Gasteiger partial charge < -0.3 is 18.9 Å². The molecule has 0 radical (unpaired) electrons. The highest BCUT2D eigenvalue weighted by atomic mass is 31.2. The average Bonchev–Trinajstić information content (AvgIpc) is 3.27. The number of allylic oxidation sites excluding steroid dienone is 14. The lowest BCUT2D eigenvalue weighted by molar-refractivity contribution is -0.870. The normalized spacial score (nSPS) is 14.1. The Labute approximate surface area is 405 Å². The number of unbranched alkanes of at least 4 members (excludes halogenated alkanes) is 19. The summed E-state index contributed by atoms with van der Waals surface area (Å²) in [5.74, 6) is -0.841. The van der Waals surface area contributed by atoms with Crippen molar-refractivity contribution in [2.45, 2.75) is 213 Å². The smallest absolute Gasteiger partial charge is 0.462 e. The Morgan fingerprint density at radius 2 is 0.864 bits per heavy atom. The van der Waals surface area contributed by atoms with Crippen molar-refractivity contribution < 1.29 is 42.1 Å². The van der Waals surface area contributed by atoms with Crippen LogP contribution < -0.4 is 0 Å². The minimum Gasteiger partial charge on any atom is -0.462 e. The van der Waals surface area contributed by atoms with Crippen LogP contribution in [0.3, 0.4) is 0 Å². The molecule has 9 nitrogen and oxygen atoms in total. The molecule has 66 heavy (non-hydrogen) atoms. The maximum atomic E-state index is 12.8. The number of carbonyl (C=O) groups is 2. The molecule has 0 aliphatic rings. The molecular weight excluding hydrogens is 846 g/mol. The predicted octanol–water partition coefficient (Wildman–Crippen LogP) is 15.9. The summed E-state index contributed by atoms with van der Waals surface area (Å²) in [5, 5.41) is 0. The largest absolute Gasteiger partial charge is 0.472 e. The number of nitrogens with zero attached hydrogens (tertiary/aromatic N) is 1. The molecule has 0 amide bonds. The van der Waals surface area contributed by atoms with Gasteiger partial charge in [-0.25, -0.2) is 4.57 Å². The number of likely N-dealkylation sites (N-methyl/N-ethyl adjacent to an activating group) is 1. The summed E-state index contributed by atoms with van der Waals surface area (Å²) in [6.45, 7) is 4.26. The summed E-state index contributed by atoms with van der Waals surface area (Å²) in [7, 11) is 1.44. The van der Waals surface area contributed by atoms with E-state index in [0.29, 0.717) is 17.4 Å². The highest BCUT2D eigenvalue weighted by Gasteiger charge is 2.27. The van der Waals surface area contributed by atoms with E-state index >= 15 is 0 Å². The lowest BCUT2D eigenvalue weighted by Crippen LogP contribution is -2.37. The zero-order valence-electron chi connectivity index (χ0n) is 42.9. The van der Waals surface area contributed by atoms with E-state index in [1.54, 1.807) is 0 Å². The summed E-state index contributed by atoms with van der Waals surface area (Å²) < 4.78 is 34.4. The number of quaternary nitrogens is 1. The molecule has 0 spiro atoms. The zero-order chi connectivity index (χ0) is 48.5. The van der Waals surface area contributed by atoms with Gasteiger partial charge in [0.05, 0.1) is 27.7 Å². The van der Waals surface area contributed by atoms with E-state index in [-0.39, 0.29) is 32.0 Å². The Kier molecular flexibility index (Phi) is 45.3. The summed E-state index contributed by atoms with van der Waals surface area (Å²) in [6.07, 6.45) is 62.1. The molecule has 2 atom stereocenters. The predicted molar refractivity (Wildman–Crippen MR) is 279 cm³/mol. The Balaban J connectivity index is 4.29. The quantitative estimate of drug-likeness (QED) is 0.0211. The van der Waals surface area contributed by atoms with Gasteiger partial charge in [0.25, 0.3) is 0 Å². The molecule has 2 unspecified atom stereocenters. The Hall–Kier alpha value is -2.81. The van der Waals surface area contributed by atoms with Crippen LogP contribution in [0.1, 0.15) is 206 Å². The van der Waals surface area contributed by atoms with Crippen LogP contribution in [0, 0.1) is 0 Å². The van der Waals surface area contributed by atoms with Crippen molar-refractivity contribution in [2.24, 2.45) is 0 Å². The van der Waals surface area contributed by atoms with Crippen LogP contribution in [-0.4, -0.2) is 74.9 Å². The van der Waals surface area contributed by atoms with E-state index in [2.05, 4.69) is 98.9 Å². The van der Waals surface area contributed by atoms with Crippen molar-refractivity contribution in [3.63, 3.8) is 0 Å². The van der Waals surface area contributed by atoms with Crippen molar-refractivity contribution in [3.8, 4) is 0 Å². The van der Waals surface area contributed by atoms with Crippen molar-refractivity contribution in [1.82, 2.24) is 0 Å². The van der Waals surface area contributed by atoms with Gasteiger partial charge in [-0.3, -0.25) is 18.6 Å². The third kappa shape index (κ3) is 50.6. The number of hydrogen-bond acceptors (Lipinski definition) is 7. The van der Waals surface area contributed by atoms with Gasteiger partial charge in [-0.15, -0.1) is 0 Å². The summed E-state index contributed by atoms with van der Waals surface area (Å²) >= 11 is 0. The van der Waals surface area contributed by atoms with Crippen LogP contribution >= 0.6 is 7.82 Å². The average molecular weight is 945 g/mol. The van der Waals surface area contributed by atoms with Gasteiger partial charge in [0.1, 0.15) is 19.8 Å². The van der Waals surface area contributed by atoms with Crippen LogP contribution in [0.25, 0.3) is 0 Å². The lowest BCUT2D eigenvalue weighted by Gasteiger charge is -2.24. The van der Waals surface area contributed by atoms with Crippen LogP contribution in [0.4, 0.5) is 0 Å². The van der Waals surface area contributed by atoms with Gasteiger partial charge in [-0.05, 0) is 89.9 Å². The van der Waals surface area contributed by atoms with E-state index in [9.17, 15) is 19.0 Å². The van der Waals surface area contributed by atoms with Gasteiger partial charge in [0.2, 0.25) is 0 Å². The van der Waals surface area contributed by atoms with Crippen LogP contribution in [0.15, 0.2) is 85.1 Å². The molecule has 0 bridgehead atoms. The van der Waals surface area contributed by atoms with Crippen LogP contribution in [0.2, 0.25) is 0 Å². The Bertz CT molecular complexity index is 1390. The first kappa shape index (κ1) is 63.2. The van der Waals surface area contributed by atoms with Crippen molar-refractivity contribution in [3.05, 3.63) is 85.1 Å². The molecule has 0 aromatic heterocycles. The molecule has 380 valence electrons. The minimum absolute atomic E-state index is 0.0205. The molecule has 0 aromatic carbocycles. The first-order chi connectivity index (χ1) is 32.0. The molecule has 0 aliphatic heterocycles. The zero-order valence-corrected chi connectivity index (χ0v) is 43.8. The molecule has 0 saturated carbocycles. The molecular formula is C56H99NO8P+. The number of rotatable bonds is 47. The second-order valence-corrected chi connectivity index (χ2v) is 20.0. The van der Waals surface area contributed by atoms with E-state index in [1.165, 1.54) is 96.3 Å². The number of esters is 2. The fourth-order valence-electron chi connectivity index (χ4n) is 6.84. The number of carbonyl (C=O) groups excluding carboxylic acids is 2. The van der Waals surface area contributed by atoms with Gasteiger partial charge >= 0.3 is 19.8 Å². The molecule has 0 rings (SSSR count). The molecule has 0 fully saturated rings. The SMILES string of the molecule is CC/C=C\C/C=C\C/C=C\C/C=C\C/C=C\CCCCCC(=O)OC(COC(=O)CCCCCCCCCCCCC/C=C\C/C=C\CCCCCCC)COP(=O)(O)OCC[N+](C)(C)C. The van der Waals surface area contributed by atoms with Gasteiger partial charge in [-0.1, -0.05) is 189 Å². The van der Waals surface area contributed by atoms with Crippen LogP contribution in [0.5, 0.6) is 0 Å². The van der Waals surface area contributed by atoms with Gasteiger partial charge in [0, 0.05) is 12.8 Å². The maximum Gasteiger partial charge on any atom is 0.472 e. The standard InChI is InChI=1S/C56H98NO8P/c1-6-8-10-12-14-16-18-20-22-24-26-27-28-29-31-32-34-36-38-40-42-44-46-48-55(58)62-52-54(53-64-66(60,61)63-51-50-57(3,4)5)65-56(59)49-47-45-43-41-39-37-35-33-30-25-23-21-19-17-15-13-11-9-7-2/h9,11,15,17-18,20-21,23-24,26,30,33,37,39,54H,6-8,10,12-14,16,19,22,25,27-29,31-32,34-36,38,40-53H2,1-5H3/p+1/b11-9-,17-15-,20-18-,23-21-,26-24-,33-30-,39-37-. The number of hydrogen-bond donors (Lipinski definition) is 1. The number of phosphoric ester groups is 1. The van der Waals surface area contributed by atoms with E-state index < -0.39 is 26.5 Å². The first-order valence-corrected chi connectivity index (χ1v) is 27.8. The fraction of sp³-hybridized carbons (Fsp3) is 0.714. The number of phosphoric acid groups is 1. The molecule has 0 saturated heterocycles. The topological polar surface area (TPSA) is 108 Å². The molecule has 0 aliphatic carbocycles. The highest BCUT2D eigenvalue weighted by molar-refractivity contribution is 7.47. The van der Waals surface area contributed by atoms with Gasteiger partial charge in [-0.2, -0.15) is 0 Å². The van der Waals surface area contributed by atoms with Crippen LogP contribution in [-0.2, 0) is 32.7 Å². The molecule has 0 aromatic rings. The number of ether oxygens (including phenoxy) is 2. The Morgan fingerprint density at radius 1 is 0.485 bits per heavy atom. The maximum absolute atomic E-state index is 12.8. The third-order valence-corrected chi connectivity index (χ3v) is 11.9. The second-order valence-electron chi connectivity index (χ2n) is 18.5. The van der Waals surface area contributed by atoms with Gasteiger partial charge in [0.15, 0.2) is 6.10 Å². The second kappa shape index (κ2) is 47.3. The van der Waals surface area contributed by atoms with E-state index in [1.807, 2.05) is 21.1 Å². The monoisotopic (exact) mass is 945 g/mol. The van der Waals surface area contributed by atoms with Crippen molar-refractivity contribution in [2.75, 3.05) is 47.5 Å². The first-order valence-electron chi connectivity index (χ1n) is 26.3. The molecule has 10 heteroatoms. The van der Waals surface area contributed by atoms with Crippen molar-refractivity contribution in [1.29, 1.82) is 0 Å². The highest BCUT2D eigenvalue weighted by Crippen LogP contribution is 2.43. The third-order valence-electron chi connectivity index (χ3n) is 10.9. The van der Waals surface area contributed by atoms with E-state index in [0.717, 1.165) is 77.0 Å². The summed E-state index contributed by atoms with van der Waals surface area (Å²) in [5.41, 5.74) is 0. The van der Waals surface area contributed by atoms with E-state index in [4.69, 9.17) is 18.5 Å². The van der Waals surface area contributed by atoms with Crippen molar-refractivity contribution >= 4 is 19.8 Å². The summed E-state index contributed by atoms with van der Waals surface area (Å²) in [4.78, 5) is 35.6. The molecule has 1 N–H and O–H groups in total. The Morgan fingerprint density at radius 3 is 1.30 bits per heavy atom. The minimum atomic E-state index is -4.40. The molecule has 0 heterocycles.